The standard InChI is InChI=1S/C17H25N5O3/c1-3-4-7-18-16(23)11-15-19-17(25-21-15)14-10-13(20-22(14)2)12-5-8-24-9-6-12/h10,12H,3-9,11H2,1-2H3,(H,18,23). The summed E-state index contributed by atoms with van der Waals surface area (Å²) in [6, 6.07) is 1.99. The molecule has 8 nitrogen and oxygen atoms in total. The second kappa shape index (κ2) is 8.24. The molecule has 1 aliphatic heterocycles. The van der Waals surface area contributed by atoms with Gasteiger partial charge in [0.2, 0.25) is 5.91 Å². The van der Waals surface area contributed by atoms with Gasteiger partial charge in [-0.2, -0.15) is 10.1 Å². The van der Waals surface area contributed by atoms with E-state index >= 15 is 0 Å². The Balaban J connectivity index is 1.65. The SMILES string of the molecule is CCCCNC(=O)Cc1noc(-c2cc(C3CCOCC3)nn2C)n1. The maximum Gasteiger partial charge on any atom is 0.276 e. The minimum Gasteiger partial charge on any atom is -0.381 e. The molecule has 0 atom stereocenters. The average Bonchev–Trinajstić information content (AvgIpc) is 3.22. The van der Waals surface area contributed by atoms with Crippen LogP contribution in [0.4, 0.5) is 0 Å². The molecule has 1 amide bonds. The van der Waals surface area contributed by atoms with Gasteiger partial charge in [-0.05, 0) is 25.3 Å². The monoisotopic (exact) mass is 347 g/mol. The molecule has 0 spiro atoms. The van der Waals surface area contributed by atoms with Crippen LogP contribution in [0.3, 0.4) is 0 Å². The lowest BCUT2D eigenvalue weighted by Crippen LogP contribution is -2.26. The van der Waals surface area contributed by atoms with Crippen LogP contribution in [0.5, 0.6) is 0 Å². The Labute approximate surface area is 146 Å². The lowest BCUT2D eigenvalue weighted by molar-refractivity contribution is -0.120. The molecule has 2 aromatic rings. The summed E-state index contributed by atoms with van der Waals surface area (Å²) < 4.78 is 12.5. The van der Waals surface area contributed by atoms with Gasteiger partial charge in [-0.25, -0.2) is 0 Å². The molecule has 25 heavy (non-hydrogen) atoms. The van der Waals surface area contributed by atoms with Gasteiger partial charge in [-0.3, -0.25) is 9.48 Å². The quantitative estimate of drug-likeness (QED) is 0.768. The topological polar surface area (TPSA) is 95.1 Å². The van der Waals surface area contributed by atoms with Crippen LogP contribution >= 0.6 is 0 Å². The van der Waals surface area contributed by atoms with E-state index < -0.39 is 0 Å². The summed E-state index contributed by atoms with van der Waals surface area (Å²) in [4.78, 5) is 16.2. The smallest absolute Gasteiger partial charge is 0.276 e. The van der Waals surface area contributed by atoms with Gasteiger partial charge in [-0.15, -0.1) is 0 Å². The van der Waals surface area contributed by atoms with Crippen LogP contribution in [-0.2, 0) is 23.0 Å². The first kappa shape index (κ1) is 17.6. The largest absolute Gasteiger partial charge is 0.381 e. The first-order valence-corrected chi connectivity index (χ1v) is 8.88. The first-order valence-electron chi connectivity index (χ1n) is 8.88. The van der Waals surface area contributed by atoms with Crippen LogP contribution in [0, 0.1) is 0 Å². The van der Waals surface area contributed by atoms with E-state index in [1.54, 1.807) is 4.68 Å². The third-order valence-electron chi connectivity index (χ3n) is 4.40. The highest BCUT2D eigenvalue weighted by Gasteiger charge is 2.22. The molecule has 3 heterocycles. The Kier molecular flexibility index (Phi) is 5.80. The molecule has 8 heteroatoms. The van der Waals surface area contributed by atoms with Crippen LogP contribution < -0.4 is 5.32 Å². The highest BCUT2D eigenvalue weighted by molar-refractivity contribution is 5.77. The van der Waals surface area contributed by atoms with Crippen LogP contribution in [0.25, 0.3) is 11.6 Å². The molecule has 1 N–H and O–H groups in total. The summed E-state index contributed by atoms with van der Waals surface area (Å²) in [5.41, 5.74) is 1.80. The van der Waals surface area contributed by atoms with Crippen molar-refractivity contribution in [2.24, 2.45) is 7.05 Å². The highest BCUT2D eigenvalue weighted by Crippen LogP contribution is 2.28. The van der Waals surface area contributed by atoms with Crippen LogP contribution in [0.1, 0.15) is 50.0 Å². The fraction of sp³-hybridized carbons (Fsp3) is 0.647. The van der Waals surface area contributed by atoms with Crippen LogP contribution in [-0.4, -0.2) is 45.6 Å². The zero-order chi connectivity index (χ0) is 17.6. The molecule has 0 saturated carbocycles. The number of aryl methyl sites for hydroxylation is 1. The van der Waals surface area contributed by atoms with E-state index in [1.165, 1.54) is 0 Å². The van der Waals surface area contributed by atoms with Crippen LogP contribution in [0.2, 0.25) is 0 Å². The maximum absolute atomic E-state index is 11.8. The van der Waals surface area contributed by atoms with Crippen molar-refractivity contribution in [1.82, 2.24) is 25.2 Å². The molecule has 3 rings (SSSR count). The maximum atomic E-state index is 11.8. The van der Waals surface area contributed by atoms with E-state index in [9.17, 15) is 4.79 Å². The van der Waals surface area contributed by atoms with E-state index in [0.717, 1.165) is 50.3 Å². The lowest BCUT2D eigenvalue weighted by atomic mass is 9.96. The number of carbonyl (C=O) groups is 1. The van der Waals surface area contributed by atoms with Gasteiger partial charge in [0.25, 0.3) is 5.89 Å². The minimum absolute atomic E-state index is 0.0892. The van der Waals surface area contributed by atoms with Crippen molar-refractivity contribution in [3.63, 3.8) is 0 Å². The summed E-state index contributed by atoms with van der Waals surface area (Å²) in [5, 5.41) is 11.4. The number of ether oxygens (including phenoxy) is 1. The van der Waals surface area contributed by atoms with Gasteiger partial charge in [-0.1, -0.05) is 18.5 Å². The van der Waals surface area contributed by atoms with Crippen molar-refractivity contribution in [2.45, 2.75) is 44.9 Å². The Hall–Kier alpha value is -2.22. The number of nitrogens with zero attached hydrogens (tertiary/aromatic N) is 4. The van der Waals surface area contributed by atoms with Crippen molar-refractivity contribution < 1.29 is 14.1 Å². The van der Waals surface area contributed by atoms with E-state index in [1.807, 2.05) is 13.1 Å². The number of nitrogens with one attached hydrogen (secondary N) is 1. The Morgan fingerprint density at radius 1 is 1.40 bits per heavy atom. The molecular formula is C17H25N5O3. The molecule has 0 bridgehead atoms. The van der Waals surface area contributed by atoms with E-state index in [4.69, 9.17) is 9.26 Å². The number of carbonyl (C=O) groups excluding carboxylic acids is 1. The van der Waals surface area contributed by atoms with Crippen LogP contribution in [0.15, 0.2) is 10.6 Å². The van der Waals surface area contributed by atoms with Gasteiger partial charge >= 0.3 is 0 Å². The average molecular weight is 347 g/mol. The summed E-state index contributed by atoms with van der Waals surface area (Å²) in [5.74, 6) is 1.09. The number of unbranched alkanes of at least 4 members (excludes halogenated alkanes) is 1. The normalized spacial score (nSPS) is 15.4. The van der Waals surface area contributed by atoms with Crippen molar-refractivity contribution in [3.05, 3.63) is 17.6 Å². The Morgan fingerprint density at radius 2 is 2.20 bits per heavy atom. The molecule has 136 valence electrons. The number of aromatic nitrogens is 4. The van der Waals surface area contributed by atoms with E-state index in [0.29, 0.717) is 24.2 Å². The Bertz CT molecular complexity index is 703. The van der Waals surface area contributed by atoms with Crippen molar-refractivity contribution in [1.29, 1.82) is 0 Å². The minimum atomic E-state index is -0.0892. The number of amides is 1. The third kappa shape index (κ3) is 4.45. The van der Waals surface area contributed by atoms with Gasteiger partial charge in [0.05, 0.1) is 12.1 Å². The predicted octanol–water partition coefficient (Wildman–Crippen LogP) is 1.82. The van der Waals surface area contributed by atoms with Gasteiger partial charge in [0.1, 0.15) is 5.69 Å². The summed E-state index contributed by atoms with van der Waals surface area (Å²) in [6.45, 7) is 4.30. The first-order chi connectivity index (χ1) is 12.2. The fourth-order valence-electron chi connectivity index (χ4n) is 2.92. The lowest BCUT2D eigenvalue weighted by Gasteiger charge is -2.19. The molecule has 0 radical (unpaired) electrons. The number of rotatable bonds is 7. The molecule has 1 saturated heterocycles. The molecule has 1 aliphatic rings. The zero-order valence-electron chi connectivity index (χ0n) is 14.8. The van der Waals surface area contributed by atoms with Crippen molar-refractivity contribution in [3.8, 4) is 11.6 Å². The van der Waals surface area contributed by atoms with E-state index in [2.05, 4.69) is 27.5 Å². The molecule has 2 aromatic heterocycles. The summed E-state index contributed by atoms with van der Waals surface area (Å²) in [7, 11) is 1.86. The predicted molar refractivity (Wildman–Crippen MR) is 90.9 cm³/mol. The van der Waals surface area contributed by atoms with Gasteiger partial charge < -0.3 is 14.6 Å². The van der Waals surface area contributed by atoms with Crippen molar-refractivity contribution >= 4 is 5.91 Å². The second-order valence-corrected chi connectivity index (χ2v) is 6.36. The van der Waals surface area contributed by atoms with Crippen molar-refractivity contribution in [2.75, 3.05) is 19.8 Å². The molecule has 1 fully saturated rings. The molecular weight excluding hydrogens is 322 g/mol. The highest BCUT2D eigenvalue weighted by atomic mass is 16.5. The summed E-state index contributed by atoms with van der Waals surface area (Å²) in [6.07, 6.45) is 4.08. The van der Waals surface area contributed by atoms with E-state index in [-0.39, 0.29) is 12.3 Å². The number of hydrogen-bond acceptors (Lipinski definition) is 6. The third-order valence-corrected chi connectivity index (χ3v) is 4.40. The van der Waals surface area contributed by atoms with Gasteiger partial charge in [0.15, 0.2) is 5.82 Å². The van der Waals surface area contributed by atoms with Gasteiger partial charge in [0, 0.05) is 32.7 Å². The molecule has 0 aromatic carbocycles. The molecule has 0 unspecified atom stereocenters. The summed E-state index contributed by atoms with van der Waals surface area (Å²) >= 11 is 0. The number of hydrogen-bond donors (Lipinski definition) is 1. The Morgan fingerprint density at radius 3 is 2.96 bits per heavy atom. The molecule has 0 aliphatic carbocycles. The fourth-order valence-corrected chi connectivity index (χ4v) is 2.92. The zero-order valence-corrected chi connectivity index (χ0v) is 14.8. The second-order valence-electron chi connectivity index (χ2n) is 6.36.